The molecule has 1 heterocycles. The van der Waals surface area contributed by atoms with Gasteiger partial charge in [-0.25, -0.2) is 0 Å². The zero-order chi connectivity index (χ0) is 17.5. The number of carbonyl (C=O) groups excluding carboxylic acids is 2. The first-order valence-electron chi connectivity index (χ1n) is 8.90. The van der Waals surface area contributed by atoms with Crippen molar-refractivity contribution in [3.05, 3.63) is 71.8 Å². The Balaban J connectivity index is 1.52. The molecule has 1 aliphatic heterocycles. The lowest BCUT2D eigenvalue weighted by Gasteiger charge is -2.22. The molecule has 0 bridgehead atoms. The highest BCUT2D eigenvalue weighted by atomic mass is 16.2. The van der Waals surface area contributed by atoms with E-state index in [4.69, 9.17) is 0 Å². The van der Waals surface area contributed by atoms with E-state index in [9.17, 15) is 9.59 Å². The Hall–Kier alpha value is -2.62. The van der Waals surface area contributed by atoms with E-state index in [-0.39, 0.29) is 11.8 Å². The van der Waals surface area contributed by atoms with Gasteiger partial charge in [0.25, 0.3) is 5.91 Å². The first kappa shape index (κ1) is 17.2. The zero-order valence-electron chi connectivity index (χ0n) is 14.4. The first-order chi connectivity index (χ1) is 12.2. The van der Waals surface area contributed by atoms with Crippen LogP contribution in [-0.2, 0) is 11.2 Å². The van der Waals surface area contributed by atoms with E-state index >= 15 is 0 Å². The number of nitrogens with zero attached hydrogens (tertiary/aromatic N) is 2. The van der Waals surface area contributed by atoms with E-state index in [0.717, 1.165) is 19.4 Å². The summed E-state index contributed by atoms with van der Waals surface area (Å²) in [5.74, 6) is 0.233. The fourth-order valence-electron chi connectivity index (χ4n) is 3.19. The number of hydrogen-bond donors (Lipinski definition) is 0. The molecule has 4 heteroatoms. The summed E-state index contributed by atoms with van der Waals surface area (Å²) in [5, 5.41) is 0. The van der Waals surface area contributed by atoms with Crippen LogP contribution in [-0.4, -0.2) is 47.8 Å². The quantitative estimate of drug-likeness (QED) is 0.861. The first-order valence-corrected chi connectivity index (χ1v) is 8.90. The summed E-state index contributed by atoms with van der Waals surface area (Å²) >= 11 is 0. The number of hydrogen-bond acceptors (Lipinski definition) is 2. The van der Waals surface area contributed by atoms with E-state index in [1.807, 2.05) is 58.3 Å². The van der Waals surface area contributed by atoms with E-state index in [1.54, 1.807) is 0 Å². The molecule has 1 fully saturated rings. The smallest absolute Gasteiger partial charge is 0.253 e. The average Bonchev–Trinajstić information content (AvgIpc) is 2.93. The second-order valence-corrected chi connectivity index (χ2v) is 6.38. The molecule has 2 amide bonds. The minimum absolute atomic E-state index is 0.0548. The molecule has 1 saturated heterocycles. The van der Waals surface area contributed by atoms with Crippen molar-refractivity contribution >= 4 is 11.8 Å². The summed E-state index contributed by atoms with van der Waals surface area (Å²) in [4.78, 5) is 28.8. The molecule has 1 aliphatic rings. The minimum atomic E-state index is 0.0548. The van der Waals surface area contributed by atoms with Gasteiger partial charge in [0.2, 0.25) is 5.91 Å². The largest absolute Gasteiger partial charge is 0.341 e. The van der Waals surface area contributed by atoms with Crippen LogP contribution < -0.4 is 0 Å². The Morgan fingerprint density at radius 3 is 2.08 bits per heavy atom. The molecule has 3 rings (SSSR count). The van der Waals surface area contributed by atoms with Crippen LogP contribution in [0.4, 0.5) is 0 Å². The Bertz CT molecular complexity index is 700. The molecule has 130 valence electrons. The maximum absolute atomic E-state index is 12.6. The van der Waals surface area contributed by atoms with Crippen LogP contribution in [0, 0.1) is 0 Å². The predicted octanol–water partition coefficient (Wildman–Crippen LogP) is 2.99. The predicted molar refractivity (Wildman–Crippen MR) is 98.3 cm³/mol. The van der Waals surface area contributed by atoms with E-state index < -0.39 is 0 Å². The van der Waals surface area contributed by atoms with Crippen LogP contribution >= 0.6 is 0 Å². The second-order valence-electron chi connectivity index (χ2n) is 6.38. The molecular formula is C21H24N2O2. The van der Waals surface area contributed by atoms with Gasteiger partial charge in [-0.3, -0.25) is 9.59 Å². The Labute approximate surface area is 149 Å². The lowest BCUT2D eigenvalue weighted by molar-refractivity contribution is -0.131. The molecule has 0 aromatic heterocycles. The van der Waals surface area contributed by atoms with Crippen molar-refractivity contribution in [3.63, 3.8) is 0 Å². The van der Waals surface area contributed by atoms with Gasteiger partial charge >= 0.3 is 0 Å². The van der Waals surface area contributed by atoms with Gasteiger partial charge in [0.05, 0.1) is 0 Å². The third-order valence-corrected chi connectivity index (χ3v) is 4.63. The molecule has 0 atom stereocenters. The molecule has 0 saturated carbocycles. The fraction of sp³-hybridized carbons (Fsp3) is 0.333. The topological polar surface area (TPSA) is 40.6 Å². The Morgan fingerprint density at radius 1 is 0.760 bits per heavy atom. The molecule has 0 unspecified atom stereocenters. The highest BCUT2D eigenvalue weighted by molar-refractivity contribution is 5.94. The van der Waals surface area contributed by atoms with Gasteiger partial charge in [0.15, 0.2) is 0 Å². The Morgan fingerprint density at radius 2 is 1.36 bits per heavy atom. The van der Waals surface area contributed by atoms with Crippen LogP contribution in [0.2, 0.25) is 0 Å². The van der Waals surface area contributed by atoms with Crippen molar-refractivity contribution in [2.45, 2.75) is 19.3 Å². The van der Waals surface area contributed by atoms with Gasteiger partial charge < -0.3 is 9.80 Å². The molecular weight excluding hydrogens is 312 g/mol. The normalized spacial score (nSPS) is 14.9. The van der Waals surface area contributed by atoms with Crippen LogP contribution in [0.25, 0.3) is 0 Å². The highest BCUT2D eigenvalue weighted by Gasteiger charge is 2.22. The third-order valence-electron chi connectivity index (χ3n) is 4.63. The van der Waals surface area contributed by atoms with E-state index in [1.165, 1.54) is 5.56 Å². The molecule has 2 aromatic carbocycles. The second kappa shape index (κ2) is 8.47. The van der Waals surface area contributed by atoms with Crippen LogP contribution in [0.1, 0.15) is 28.8 Å². The summed E-state index contributed by atoms with van der Waals surface area (Å²) in [6.07, 6.45) is 2.12. The fourth-order valence-corrected chi connectivity index (χ4v) is 3.19. The number of aryl methyl sites for hydroxylation is 1. The summed E-state index contributed by atoms with van der Waals surface area (Å²) in [5.41, 5.74) is 1.90. The van der Waals surface area contributed by atoms with Crippen molar-refractivity contribution in [1.29, 1.82) is 0 Å². The Kier molecular flexibility index (Phi) is 5.83. The molecule has 0 aliphatic carbocycles. The summed E-state index contributed by atoms with van der Waals surface area (Å²) in [7, 11) is 0. The highest BCUT2D eigenvalue weighted by Crippen LogP contribution is 2.11. The van der Waals surface area contributed by atoms with Crippen LogP contribution in [0.5, 0.6) is 0 Å². The van der Waals surface area contributed by atoms with Crippen molar-refractivity contribution < 1.29 is 9.59 Å². The van der Waals surface area contributed by atoms with Crippen molar-refractivity contribution in [3.8, 4) is 0 Å². The maximum Gasteiger partial charge on any atom is 0.253 e. The summed E-state index contributed by atoms with van der Waals surface area (Å²) < 4.78 is 0. The monoisotopic (exact) mass is 336 g/mol. The lowest BCUT2D eigenvalue weighted by Crippen LogP contribution is -2.37. The van der Waals surface area contributed by atoms with Gasteiger partial charge in [-0.15, -0.1) is 0 Å². The molecule has 0 N–H and O–H groups in total. The van der Waals surface area contributed by atoms with Crippen molar-refractivity contribution in [1.82, 2.24) is 9.80 Å². The third kappa shape index (κ3) is 4.69. The van der Waals surface area contributed by atoms with Crippen LogP contribution in [0.15, 0.2) is 60.7 Å². The van der Waals surface area contributed by atoms with Gasteiger partial charge in [0, 0.05) is 38.2 Å². The SMILES string of the molecule is O=C(CCc1ccccc1)N1CCCN(C(=O)c2ccccc2)CC1. The number of rotatable bonds is 4. The van der Waals surface area contributed by atoms with Gasteiger partial charge in [-0.05, 0) is 30.5 Å². The van der Waals surface area contributed by atoms with E-state index in [0.29, 0.717) is 31.6 Å². The van der Waals surface area contributed by atoms with Gasteiger partial charge in [0.1, 0.15) is 0 Å². The van der Waals surface area contributed by atoms with Gasteiger partial charge in [-0.2, -0.15) is 0 Å². The van der Waals surface area contributed by atoms with Gasteiger partial charge in [-0.1, -0.05) is 48.5 Å². The molecule has 25 heavy (non-hydrogen) atoms. The lowest BCUT2D eigenvalue weighted by atomic mass is 10.1. The number of carbonyl (C=O) groups is 2. The molecule has 0 radical (unpaired) electrons. The number of amides is 2. The van der Waals surface area contributed by atoms with E-state index in [2.05, 4.69) is 12.1 Å². The molecule has 0 spiro atoms. The summed E-state index contributed by atoms with van der Waals surface area (Å²) in [6, 6.07) is 19.4. The maximum atomic E-state index is 12.6. The minimum Gasteiger partial charge on any atom is -0.341 e. The number of benzene rings is 2. The zero-order valence-corrected chi connectivity index (χ0v) is 14.4. The summed E-state index contributed by atoms with van der Waals surface area (Å²) in [6.45, 7) is 2.65. The average molecular weight is 336 g/mol. The standard InChI is InChI=1S/C21H24N2O2/c24-20(13-12-18-8-3-1-4-9-18)22-14-7-15-23(17-16-22)21(25)19-10-5-2-6-11-19/h1-6,8-11H,7,12-17H2. The van der Waals surface area contributed by atoms with Crippen molar-refractivity contribution in [2.24, 2.45) is 0 Å². The van der Waals surface area contributed by atoms with Crippen molar-refractivity contribution in [2.75, 3.05) is 26.2 Å². The molecule has 2 aromatic rings. The molecule has 4 nitrogen and oxygen atoms in total. The van der Waals surface area contributed by atoms with Crippen LogP contribution in [0.3, 0.4) is 0 Å².